The van der Waals surface area contributed by atoms with Crippen molar-refractivity contribution in [3.05, 3.63) is 237 Å². The summed E-state index contributed by atoms with van der Waals surface area (Å²) in [7, 11) is -10.3. The van der Waals surface area contributed by atoms with Crippen molar-refractivity contribution in [3.8, 4) is 89.8 Å². The van der Waals surface area contributed by atoms with Crippen molar-refractivity contribution in [1.82, 2.24) is 0 Å². The molecule has 0 saturated carbocycles. The Morgan fingerprint density at radius 3 is 0.691 bits per heavy atom. The normalized spacial score (nSPS) is 13.6. The van der Waals surface area contributed by atoms with Crippen LogP contribution in [-0.2, 0) is 81.6 Å². The second-order valence-electron chi connectivity index (χ2n) is 26.2. The molecular formula is C88H89NO6P2. The second-order valence-corrected chi connectivity index (χ2v) is 29.6. The minimum absolute atomic E-state index is 0.348. The maximum Gasteiger partial charge on any atom is 0.569 e. The average Bonchev–Trinajstić information content (AvgIpc) is 1.67. The van der Waals surface area contributed by atoms with E-state index in [1.54, 1.807) is 0 Å². The standard InChI is InChI=1S/C88H89NO6P2/c1-13-53-41-57(17-5)77(58(18-6)42-53)73-49-65-33-25-29-37-69(65)81-82-70-38-30-26-34-66(70)50-74(78-59(19-7)43-54(14-2)44-60(78)20-8)86(82)93-96(90,92-85(73)81)89-97(91)94-87-75(79-61(21-9)45-55(15-3)46-62(79)22-10)51-67-35-27-31-39-71(67)83(87)84-72-40-32-28-36-68(72)52-76(88(84)95-97)80-63(23-11)47-56(16-4)48-64(80)24-12/h25-52,90H,13-24H2,1-12H3. The Hall–Kier alpha value is -8.70. The van der Waals surface area contributed by atoms with Gasteiger partial charge in [0, 0.05) is 44.5 Å². The molecule has 0 bridgehead atoms. The molecule has 0 fully saturated rings. The topological polar surface area (TPSA) is 86.6 Å². The summed E-state index contributed by atoms with van der Waals surface area (Å²) in [6, 6.07) is 61.3. The van der Waals surface area contributed by atoms with E-state index in [-0.39, 0.29) is 0 Å². The number of hydrogen-bond donors (Lipinski definition) is 1. The molecule has 0 unspecified atom stereocenters. The van der Waals surface area contributed by atoms with Crippen LogP contribution in [0.1, 0.15) is 150 Å². The van der Waals surface area contributed by atoms with E-state index in [0.717, 1.165) is 231 Å². The van der Waals surface area contributed by atoms with Gasteiger partial charge in [0.1, 0.15) is 23.0 Å². The second kappa shape index (κ2) is 26.6. The third kappa shape index (κ3) is 11.3. The van der Waals surface area contributed by atoms with E-state index in [0.29, 0.717) is 23.0 Å². The fourth-order valence-electron chi connectivity index (χ4n) is 15.9. The molecule has 9 heteroatoms. The summed E-state index contributed by atoms with van der Waals surface area (Å²) in [4.78, 5) is 14.9. The molecular weight excluding hydrogens is 1230 g/mol. The molecule has 0 atom stereocenters. The lowest BCUT2D eigenvalue weighted by Crippen LogP contribution is -2.07. The van der Waals surface area contributed by atoms with Gasteiger partial charge in [-0.05, 0) is 233 Å². The lowest BCUT2D eigenvalue weighted by Gasteiger charge is -2.25. The average molecular weight is 1320 g/mol. The van der Waals surface area contributed by atoms with Gasteiger partial charge in [0.25, 0.3) is 0 Å². The number of aryl methyl sites for hydroxylation is 12. The van der Waals surface area contributed by atoms with Gasteiger partial charge < -0.3 is 18.1 Å². The van der Waals surface area contributed by atoms with Crippen molar-refractivity contribution < 1.29 is 27.6 Å². The largest absolute Gasteiger partial charge is 0.569 e. The van der Waals surface area contributed by atoms with Gasteiger partial charge in [-0.1, -0.05) is 233 Å². The van der Waals surface area contributed by atoms with Crippen LogP contribution < -0.4 is 18.1 Å². The van der Waals surface area contributed by atoms with Crippen LogP contribution in [0.5, 0.6) is 23.0 Å². The zero-order chi connectivity index (χ0) is 67.6. The van der Waals surface area contributed by atoms with E-state index in [4.69, 9.17) is 22.6 Å². The monoisotopic (exact) mass is 1320 g/mol. The summed E-state index contributed by atoms with van der Waals surface area (Å²) in [6.07, 6.45) is 9.34. The molecule has 1 N–H and O–H groups in total. The van der Waals surface area contributed by atoms with Crippen LogP contribution in [0.25, 0.3) is 110 Å². The minimum Gasteiger partial charge on any atom is -0.408 e. The van der Waals surface area contributed by atoms with Gasteiger partial charge in [-0.15, -0.1) is 0 Å². The number of nitrogens with zero attached hydrogens (tertiary/aromatic N) is 1. The Bertz CT molecular complexity index is 4870. The molecule has 0 radical (unpaired) electrons. The SMILES string of the molecule is CCc1cc(CC)c(-c2cc3ccccc3c3c2OP(=O)(N=P2(O)Oc4c(-c5c(CC)cc(CC)cc5CC)cc5ccccc5c4-c4c(c(-c5c(CC)cc(CC)cc5CC)cc5ccccc45)O2)Oc2c(-c4c(CC)cc(CC)cc4CC)cc4ccccc4c2-3)c(CC)c1. The van der Waals surface area contributed by atoms with Crippen LogP contribution in [0, 0.1) is 0 Å². The van der Waals surface area contributed by atoms with Gasteiger partial charge in [-0.2, -0.15) is 0 Å². The third-order valence-electron chi connectivity index (χ3n) is 20.8. The summed E-state index contributed by atoms with van der Waals surface area (Å²) >= 11 is 0. The van der Waals surface area contributed by atoms with E-state index in [2.05, 4.69) is 253 Å². The summed E-state index contributed by atoms with van der Waals surface area (Å²) in [5.74, 6) is 1.46. The fraction of sp³-hybridized carbons (Fsp3) is 0.273. The van der Waals surface area contributed by atoms with E-state index < -0.39 is 15.5 Å². The quantitative estimate of drug-likeness (QED) is 0.0914. The fourth-order valence-corrected chi connectivity index (χ4v) is 19.4. The molecule has 492 valence electrons. The Labute approximate surface area is 573 Å². The molecule has 0 aliphatic carbocycles. The van der Waals surface area contributed by atoms with Crippen LogP contribution in [-0.4, -0.2) is 4.89 Å². The predicted octanol–water partition coefficient (Wildman–Crippen LogP) is 25.3. The van der Waals surface area contributed by atoms with Gasteiger partial charge in [0.2, 0.25) is 0 Å². The predicted molar refractivity (Wildman–Crippen MR) is 410 cm³/mol. The molecule has 12 aromatic rings. The first kappa shape index (κ1) is 65.6. The van der Waals surface area contributed by atoms with E-state index >= 15 is 4.57 Å². The first-order valence-electron chi connectivity index (χ1n) is 35.8. The van der Waals surface area contributed by atoms with Gasteiger partial charge in [-0.3, -0.25) is 4.89 Å². The molecule has 2 aliphatic rings. The van der Waals surface area contributed by atoms with E-state index in [1.165, 1.54) is 22.3 Å². The molecule has 0 aromatic heterocycles. The molecule has 14 rings (SSSR count). The highest BCUT2D eigenvalue weighted by Gasteiger charge is 2.46. The van der Waals surface area contributed by atoms with Crippen LogP contribution in [0.4, 0.5) is 0 Å². The molecule has 2 aliphatic heterocycles. The van der Waals surface area contributed by atoms with Gasteiger partial charge in [0.15, 0.2) is 0 Å². The number of benzene rings is 12. The van der Waals surface area contributed by atoms with Crippen molar-refractivity contribution >= 4 is 58.6 Å². The van der Waals surface area contributed by atoms with Crippen molar-refractivity contribution in [3.63, 3.8) is 0 Å². The van der Waals surface area contributed by atoms with Crippen LogP contribution >= 0.6 is 15.5 Å². The van der Waals surface area contributed by atoms with Crippen LogP contribution in [0.3, 0.4) is 0 Å². The first-order valence-corrected chi connectivity index (χ1v) is 38.8. The summed E-state index contributed by atoms with van der Waals surface area (Å²) in [5.41, 5.74) is 24.3. The molecule has 7 nitrogen and oxygen atoms in total. The molecule has 12 aromatic carbocycles. The molecule has 0 spiro atoms. The third-order valence-corrected chi connectivity index (χ3v) is 24.2. The van der Waals surface area contributed by atoms with Crippen LogP contribution in [0.2, 0.25) is 0 Å². The maximum atomic E-state index is 18.2. The highest BCUT2D eigenvalue weighted by molar-refractivity contribution is 7.64. The molecule has 0 saturated heterocycles. The first-order chi connectivity index (χ1) is 47.2. The lowest BCUT2D eigenvalue weighted by atomic mass is 9.82. The van der Waals surface area contributed by atoms with Gasteiger partial charge in [-0.25, -0.2) is 4.57 Å². The van der Waals surface area contributed by atoms with Gasteiger partial charge in [0.05, 0.1) is 0 Å². The number of rotatable bonds is 17. The van der Waals surface area contributed by atoms with Crippen LogP contribution in [0.15, 0.2) is 174 Å². The van der Waals surface area contributed by atoms with Crippen molar-refractivity contribution in [2.75, 3.05) is 0 Å². The zero-order valence-corrected chi connectivity index (χ0v) is 60.3. The van der Waals surface area contributed by atoms with Crippen molar-refractivity contribution in [2.24, 2.45) is 4.52 Å². The molecule has 97 heavy (non-hydrogen) atoms. The van der Waals surface area contributed by atoms with Gasteiger partial charge >= 0.3 is 15.5 Å². The zero-order valence-electron chi connectivity index (χ0n) is 58.5. The lowest BCUT2D eigenvalue weighted by molar-refractivity contribution is 0.361. The maximum absolute atomic E-state index is 18.2. The van der Waals surface area contributed by atoms with Crippen molar-refractivity contribution in [1.29, 1.82) is 0 Å². The molecule has 2 heterocycles. The summed E-state index contributed by atoms with van der Waals surface area (Å²) < 4.78 is 54.5. The smallest absolute Gasteiger partial charge is 0.408 e. The summed E-state index contributed by atoms with van der Waals surface area (Å²) in [5, 5.41) is 7.54. The molecule has 0 amide bonds. The minimum atomic E-state index is -5.25. The Morgan fingerprint density at radius 1 is 0.278 bits per heavy atom. The van der Waals surface area contributed by atoms with Crippen molar-refractivity contribution in [2.45, 2.75) is 160 Å². The number of fused-ring (bicyclic) bond motifs is 14. The Morgan fingerprint density at radius 2 is 0.485 bits per heavy atom. The Balaban J connectivity index is 1.19. The summed E-state index contributed by atoms with van der Waals surface area (Å²) in [6.45, 7) is 26.5. The Kier molecular flexibility index (Phi) is 18.0. The number of hydrogen-bond acceptors (Lipinski definition) is 5. The highest BCUT2D eigenvalue weighted by atomic mass is 31.2. The van der Waals surface area contributed by atoms with E-state index in [1.807, 2.05) is 0 Å². The highest BCUT2D eigenvalue weighted by Crippen LogP contribution is 2.71. The van der Waals surface area contributed by atoms with E-state index in [9.17, 15) is 4.89 Å².